The highest BCUT2D eigenvalue weighted by atomic mass is 32.2. The molecule has 0 fully saturated rings. The van der Waals surface area contributed by atoms with Crippen molar-refractivity contribution in [3.63, 3.8) is 0 Å². The second-order valence-corrected chi connectivity index (χ2v) is 5.84. The molecule has 0 aliphatic carbocycles. The largest absolute Gasteiger partial charge is 0.398 e. The Labute approximate surface area is 123 Å². The molecule has 0 radical (unpaired) electrons. The Kier molecular flexibility index (Phi) is 5.40. The average Bonchev–Trinajstić information content (AvgIpc) is 2.48. The summed E-state index contributed by atoms with van der Waals surface area (Å²) in [6.07, 6.45) is 4.21. The predicted octanol–water partition coefficient (Wildman–Crippen LogP) is 2.52. The Morgan fingerprint density at radius 2 is 2.00 bits per heavy atom. The van der Waals surface area contributed by atoms with Gasteiger partial charge in [-0.2, -0.15) is 0 Å². The molecule has 2 aromatic rings. The maximum absolute atomic E-state index is 5.95. The van der Waals surface area contributed by atoms with Gasteiger partial charge in [0.05, 0.1) is 6.04 Å². The van der Waals surface area contributed by atoms with Crippen LogP contribution in [0.1, 0.15) is 24.1 Å². The second kappa shape index (κ2) is 7.28. The Morgan fingerprint density at radius 1 is 1.25 bits per heavy atom. The Morgan fingerprint density at radius 3 is 2.60 bits per heavy atom. The quantitative estimate of drug-likeness (QED) is 0.432. The van der Waals surface area contributed by atoms with Crippen LogP contribution >= 0.6 is 11.8 Å². The highest BCUT2D eigenvalue weighted by Gasteiger charge is 2.12. The zero-order chi connectivity index (χ0) is 14.4. The minimum absolute atomic E-state index is 0.0298. The van der Waals surface area contributed by atoms with Gasteiger partial charge in [0.1, 0.15) is 0 Å². The second-order valence-electron chi connectivity index (χ2n) is 4.50. The summed E-state index contributed by atoms with van der Waals surface area (Å²) in [5.41, 5.74) is 11.7. The fourth-order valence-corrected chi connectivity index (χ4v) is 2.73. The minimum atomic E-state index is 0.0298. The molecular weight excluding hydrogens is 268 g/mol. The van der Waals surface area contributed by atoms with Gasteiger partial charge in [0.2, 0.25) is 0 Å². The summed E-state index contributed by atoms with van der Waals surface area (Å²) in [7, 11) is 0. The van der Waals surface area contributed by atoms with Crippen molar-refractivity contribution < 1.29 is 0 Å². The van der Waals surface area contributed by atoms with Crippen LogP contribution in [0.4, 0.5) is 5.69 Å². The summed E-state index contributed by atoms with van der Waals surface area (Å²) in [6, 6.07) is 10.3. The topological polar surface area (TPSA) is 77.0 Å². The van der Waals surface area contributed by atoms with Crippen LogP contribution in [0, 0.1) is 0 Å². The lowest BCUT2D eigenvalue weighted by molar-refractivity contribution is 0.551. The van der Waals surface area contributed by atoms with Gasteiger partial charge in [-0.25, -0.2) is 0 Å². The fraction of sp³-hybridized carbons (Fsp3) is 0.267. The first-order valence-corrected chi connectivity index (χ1v) is 7.60. The van der Waals surface area contributed by atoms with E-state index in [0.29, 0.717) is 0 Å². The molecule has 1 aromatic heterocycles. The molecule has 0 saturated heterocycles. The number of rotatable bonds is 6. The van der Waals surface area contributed by atoms with Gasteiger partial charge in [-0.1, -0.05) is 19.1 Å². The summed E-state index contributed by atoms with van der Waals surface area (Å²) < 4.78 is 0. The van der Waals surface area contributed by atoms with E-state index >= 15 is 0 Å². The van der Waals surface area contributed by atoms with Crippen LogP contribution in [-0.2, 0) is 6.42 Å². The van der Waals surface area contributed by atoms with Crippen molar-refractivity contribution >= 4 is 17.4 Å². The number of nitrogen functional groups attached to an aromatic ring is 1. The molecule has 4 nitrogen and oxygen atoms in total. The number of hydrogen-bond donors (Lipinski definition) is 3. The number of pyridine rings is 1. The van der Waals surface area contributed by atoms with Gasteiger partial charge in [0, 0.05) is 23.0 Å². The van der Waals surface area contributed by atoms with Crippen LogP contribution < -0.4 is 17.0 Å². The summed E-state index contributed by atoms with van der Waals surface area (Å²) >= 11 is 1.83. The van der Waals surface area contributed by atoms with Crippen molar-refractivity contribution in [3.8, 4) is 0 Å². The maximum atomic E-state index is 5.95. The predicted molar refractivity (Wildman–Crippen MR) is 85.3 cm³/mol. The van der Waals surface area contributed by atoms with E-state index in [-0.39, 0.29) is 6.04 Å². The summed E-state index contributed by atoms with van der Waals surface area (Å²) in [6.45, 7) is 2.15. The molecule has 0 aliphatic rings. The standard InChI is InChI=1S/C15H20N4S/c1-2-20-13-5-3-11(4-6-13)15(19-17)9-12-10-18-8-7-14(12)16/h3-8,10,15,19H,2,9,17H2,1H3,(H2,16,18). The van der Waals surface area contributed by atoms with Crippen molar-refractivity contribution in [1.82, 2.24) is 10.4 Å². The highest BCUT2D eigenvalue weighted by Crippen LogP contribution is 2.24. The van der Waals surface area contributed by atoms with E-state index in [1.165, 1.54) is 4.90 Å². The molecule has 0 aliphatic heterocycles. The maximum Gasteiger partial charge on any atom is 0.0501 e. The molecule has 1 unspecified atom stereocenters. The van der Waals surface area contributed by atoms with Crippen LogP contribution in [0.5, 0.6) is 0 Å². The van der Waals surface area contributed by atoms with E-state index in [1.807, 2.05) is 17.8 Å². The lowest BCUT2D eigenvalue weighted by Crippen LogP contribution is -2.29. The number of anilines is 1. The molecule has 20 heavy (non-hydrogen) atoms. The SMILES string of the molecule is CCSc1ccc(C(Cc2cnccc2N)NN)cc1. The summed E-state index contributed by atoms with van der Waals surface area (Å²) in [5, 5.41) is 0. The zero-order valence-electron chi connectivity index (χ0n) is 11.5. The molecule has 1 aromatic carbocycles. The van der Waals surface area contributed by atoms with E-state index in [0.717, 1.165) is 29.0 Å². The van der Waals surface area contributed by atoms with Crippen molar-refractivity contribution in [1.29, 1.82) is 0 Å². The van der Waals surface area contributed by atoms with Crippen LogP contribution in [-0.4, -0.2) is 10.7 Å². The van der Waals surface area contributed by atoms with Crippen molar-refractivity contribution in [2.75, 3.05) is 11.5 Å². The van der Waals surface area contributed by atoms with Gasteiger partial charge in [-0.3, -0.25) is 16.3 Å². The number of nitrogens with zero attached hydrogens (tertiary/aromatic N) is 1. The zero-order valence-corrected chi connectivity index (χ0v) is 12.4. The molecular formula is C15H20N4S. The molecule has 5 heteroatoms. The first-order valence-electron chi connectivity index (χ1n) is 6.61. The molecule has 0 spiro atoms. The Balaban J connectivity index is 2.13. The average molecular weight is 288 g/mol. The molecule has 106 valence electrons. The van der Waals surface area contributed by atoms with Crippen LogP contribution in [0.2, 0.25) is 0 Å². The van der Waals surface area contributed by atoms with Gasteiger partial charge in [-0.15, -0.1) is 11.8 Å². The number of benzene rings is 1. The normalized spacial score (nSPS) is 12.3. The monoisotopic (exact) mass is 288 g/mol. The van der Waals surface area contributed by atoms with E-state index < -0.39 is 0 Å². The van der Waals surface area contributed by atoms with Crippen LogP contribution in [0.25, 0.3) is 0 Å². The Hall–Kier alpha value is -1.56. The van der Waals surface area contributed by atoms with E-state index in [1.54, 1.807) is 12.4 Å². The van der Waals surface area contributed by atoms with Crippen LogP contribution in [0.15, 0.2) is 47.6 Å². The Bertz CT molecular complexity index is 542. The van der Waals surface area contributed by atoms with Crippen molar-refractivity contribution in [2.24, 2.45) is 5.84 Å². The van der Waals surface area contributed by atoms with Crippen LogP contribution in [0.3, 0.4) is 0 Å². The van der Waals surface area contributed by atoms with Gasteiger partial charge in [0.15, 0.2) is 0 Å². The van der Waals surface area contributed by atoms with E-state index in [4.69, 9.17) is 11.6 Å². The number of hydrazine groups is 1. The lowest BCUT2D eigenvalue weighted by Gasteiger charge is -2.17. The third-order valence-electron chi connectivity index (χ3n) is 3.16. The van der Waals surface area contributed by atoms with Gasteiger partial charge >= 0.3 is 0 Å². The van der Waals surface area contributed by atoms with Gasteiger partial charge < -0.3 is 5.73 Å². The molecule has 0 saturated carbocycles. The van der Waals surface area contributed by atoms with E-state index in [9.17, 15) is 0 Å². The van der Waals surface area contributed by atoms with Crippen molar-refractivity contribution in [2.45, 2.75) is 24.3 Å². The number of aromatic nitrogens is 1. The number of nitrogens with two attached hydrogens (primary N) is 2. The number of hydrogen-bond acceptors (Lipinski definition) is 5. The molecule has 1 heterocycles. The molecule has 1 atom stereocenters. The van der Waals surface area contributed by atoms with E-state index in [2.05, 4.69) is 41.6 Å². The molecule has 5 N–H and O–H groups in total. The van der Waals surface area contributed by atoms with Gasteiger partial charge in [0.25, 0.3) is 0 Å². The first-order chi connectivity index (χ1) is 9.74. The molecule has 2 rings (SSSR count). The summed E-state index contributed by atoms with van der Waals surface area (Å²) in [4.78, 5) is 5.38. The first kappa shape index (κ1) is 14.8. The summed E-state index contributed by atoms with van der Waals surface area (Å²) in [5.74, 6) is 6.76. The lowest BCUT2D eigenvalue weighted by atomic mass is 10.00. The highest BCUT2D eigenvalue weighted by molar-refractivity contribution is 7.99. The molecule has 0 amide bonds. The third kappa shape index (κ3) is 3.72. The smallest absolute Gasteiger partial charge is 0.0501 e. The third-order valence-corrected chi connectivity index (χ3v) is 4.05. The molecule has 0 bridgehead atoms. The number of thioether (sulfide) groups is 1. The number of nitrogens with one attached hydrogen (secondary N) is 1. The van der Waals surface area contributed by atoms with Crippen molar-refractivity contribution in [3.05, 3.63) is 53.9 Å². The minimum Gasteiger partial charge on any atom is -0.398 e. The van der Waals surface area contributed by atoms with Gasteiger partial charge in [-0.05, 0) is 41.5 Å². The fourth-order valence-electron chi connectivity index (χ4n) is 2.06.